The molecule has 1 aliphatic rings. The average Bonchev–Trinajstić information content (AvgIpc) is 2.36. The van der Waals surface area contributed by atoms with Crippen LogP contribution in [0.4, 0.5) is 0 Å². The first-order valence-electron chi connectivity index (χ1n) is 6.76. The van der Waals surface area contributed by atoms with Crippen molar-refractivity contribution in [2.24, 2.45) is 11.8 Å². The molecule has 106 valence electrons. The number of hydrogen-bond donors (Lipinski definition) is 1. The van der Waals surface area contributed by atoms with Crippen molar-refractivity contribution in [2.45, 2.75) is 45.8 Å². The van der Waals surface area contributed by atoms with Crippen LogP contribution in [0.25, 0.3) is 0 Å². The first-order chi connectivity index (χ1) is 9.01. The SMILES string of the molecule is CC1CCC(Oc2c(Cl)cc(Cl)cc2CO)CC1C. The van der Waals surface area contributed by atoms with Gasteiger partial charge in [0.05, 0.1) is 17.7 Å². The van der Waals surface area contributed by atoms with Crippen LogP contribution in [-0.2, 0) is 6.61 Å². The molecule has 1 aromatic rings. The Morgan fingerprint density at radius 2 is 1.95 bits per heavy atom. The van der Waals surface area contributed by atoms with Crippen LogP contribution in [0.2, 0.25) is 10.0 Å². The van der Waals surface area contributed by atoms with E-state index in [1.165, 1.54) is 6.42 Å². The van der Waals surface area contributed by atoms with E-state index in [0.717, 1.165) is 18.8 Å². The summed E-state index contributed by atoms with van der Waals surface area (Å²) in [7, 11) is 0. The molecular weight excluding hydrogens is 283 g/mol. The summed E-state index contributed by atoms with van der Waals surface area (Å²) < 4.78 is 6.03. The lowest BCUT2D eigenvalue weighted by Crippen LogP contribution is -2.29. The van der Waals surface area contributed by atoms with Gasteiger partial charge in [-0.3, -0.25) is 0 Å². The fourth-order valence-corrected chi connectivity index (χ4v) is 3.22. The van der Waals surface area contributed by atoms with E-state index in [-0.39, 0.29) is 12.7 Å². The Hall–Kier alpha value is -0.440. The molecule has 0 heterocycles. The van der Waals surface area contributed by atoms with Crippen LogP contribution in [-0.4, -0.2) is 11.2 Å². The zero-order valence-corrected chi connectivity index (χ0v) is 12.8. The second kappa shape index (κ2) is 6.34. The van der Waals surface area contributed by atoms with Crippen molar-refractivity contribution in [3.63, 3.8) is 0 Å². The molecule has 0 aromatic heterocycles. The molecule has 3 atom stereocenters. The highest BCUT2D eigenvalue weighted by Gasteiger charge is 2.26. The number of benzene rings is 1. The van der Waals surface area contributed by atoms with Crippen LogP contribution in [0.5, 0.6) is 5.75 Å². The van der Waals surface area contributed by atoms with Gasteiger partial charge in [0, 0.05) is 10.6 Å². The van der Waals surface area contributed by atoms with Gasteiger partial charge in [0.25, 0.3) is 0 Å². The van der Waals surface area contributed by atoms with Crippen LogP contribution >= 0.6 is 23.2 Å². The third kappa shape index (κ3) is 3.56. The standard InChI is InChI=1S/C15H20Cl2O2/c1-9-3-4-13(5-10(9)2)19-15-11(8-18)6-12(16)7-14(15)17/h6-7,9-10,13,18H,3-5,8H2,1-2H3. The minimum Gasteiger partial charge on any atom is -0.488 e. The Labute approximate surface area is 124 Å². The summed E-state index contributed by atoms with van der Waals surface area (Å²) in [4.78, 5) is 0. The highest BCUT2D eigenvalue weighted by Crippen LogP contribution is 2.37. The Bertz CT molecular complexity index is 448. The smallest absolute Gasteiger partial charge is 0.143 e. The van der Waals surface area contributed by atoms with Crippen molar-refractivity contribution in [1.82, 2.24) is 0 Å². The number of halogens is 2. The van der Waals surface area contributed by atoms with Gasteiger partial charge in [0.2, 0.25) is 0 Å². The molecule has 1 fully saturated rings. The van der Waals surface area contributed by atoms with Crippen LogP contribution in [0.1, 0.15) is 38.7 Å². The molecule has 0 amide bonds. The van der Waals surface area contributed by atoms with Crippen molar-refractivity contribution >= 4 is 23.2 Å². The highest BCUT2D eigenvalue weighted by atomic mass is 35.5. The van der Waals surface area contributed by atoms with Crippen LogP contribution in [0.3, 0.4) is 0 Å². The average molecular weight is 303 g/mol. The molecule has 2 rings (SSSR count). The molecule has 1 aromatic carbocycles. The molecule has 4 heteroatoms. The normalized spacial score (nSPS) is 27.3. The molecule has 1 aliphatic carbocycles. The van der Waals surface area contributed by atoms with Crippen LogP contribution < -0.4 is 4.74 Å². The predicted octanol–water partition coefficient (Wildman–Crippen LogP) is 4.69. The molecule has 19 heavy (non-hydrogen) atoms. The second-order valence-corrected chi connectivity index (χ2v) is 6.39. The lowest BCUT2D eigenvalue weighted by molar-refractivity contribution is 0.0982. The molecule has 0 spiro atoms. The van der Waals surface area contributed by atoms with Crippen molar-refractivity contribution in [1.29, 1.82) is 0 Å². The molecule has 0 saturated heterocycles. The number of aliphatic hydroxyl groups is 1. The summed E-state index contributed by atoms with van der Waals surface area (Å²) in [5.74, 6) is 1.99. The van der Waals surface area contributed by atoms with E-state index in [2.05, 4.69) is 13.8 Å². The molecule has 0 bridgehead atoms. The molecule has 0 radical (unpaired) electrons. The van der Waals surface area contributed by atoms with Gasteiger partial charge in [-0.15, -0.1) is 0 Å². The van der Waals surface area contributed by atoms with Gasteiger partial charge in [-0.25, -0.2) is 0 Å². The van der Waals surface area contributed by atoms with E-state index in [0.29, 0.717) is 27.3 Å². The third-order valence-corrected chi connectivity index (χ3v) is 4.59. The summed E-state index contributed by atoms with van der Waals surface area (Å²) in [6.45, 7) is 4.43. The lowest BCUT2D eigenvalue weighted by atomic mass is 9.80. The fourth-order valence-electron chi connectivity index (χ4n) is 2.63. The Morgan fingerprint density at radius 1 is 1.21 bits per heavy atom. The summed E-state index contributed by atoms with van der Waals surface area (Å²) in [6.07, 6.45) is 3.42. The van der Waals surface area contributed by atoms with E-state index < -0.39 is 0 Å². The third-order valence-electron chi connectivity index (χ3n) is 4.09. The number of hydrogen-bond acceptors (Lipinski definition) is 2. The summed E-state index contributed by atoms with van der Waals surface area (Å²) in [5.41, 5.74) is 0.656. The summed E-state index contributed by atoms with van der Waals surface area (Å²) in [5, 5.41) is 10.4. The van der Waals surface area contributed by atoms with Gasteiger partial charge in [0.1, 0.15) is 5.75 Å². The molecular formula is C15H20Cl2O2. The van der Waals surface area contributed by atoms with E-state index in [4.69, 9.17) is 27.9 Å². The Morgan fingerprint density at radius 3 is 2.58 bits per heavy atom. The minimum absolute atomic E-state index is 0.117. The lowest BCUT2D eigenvalue weighted by Gasteiger charge is -2.32. The van der Waals surface area contributed by atoms with E-state index in [9.17, 15) is 5.11 Å². The van der Waals surface area contributed by atoms with E-state index in [1.807, 2.05) is 0 Å². The Balaban J connectivity index is 2.15. The van der Waals surface area contributed by atoms with Crippen LogP contribution in [0.15, 0.2) is 12.1 Å². The minimum atomic E-state index is -0.117. The maximum absolute atomic E-state index is 9.39. The molecule has 2 nitrogen and oxygen atoms in total. The summed E-state index contributed by atoms with van der Waals surface area (Å²) in [6, 6.07) is 3.37. The summed E-state index contributed by atoms with van der Waals surface area (Å²) >= 11 is 12.1. The van der Waals surface area contributed by atoms with Gasteiger partial charge in [0.15, 0.2) is 0 Å². The van der Waals surface area contributed by atoms with Gasteiger partial charge in [-0.2, -0.15) is 0 Å². The predicted molar refractivity (Wildman–Crippen MR) is 79.0 cm³/mol. The first-order valence-corrected chi connectivity index (χ1v) is 7.52. The molecule has 3 unspecified atom stereocenters. The number of aliphatic hydroxyl groups excluding tert-OH is 1. The van der Waals surface area contributed by atoms with Crippen molar-refractivity contribution in [3.05, 3.63) is 27.7 Å². The van der Waals surface area contributed by atoms with Crippen molar-refractivity contribution in [2.75, 3.05) is 0 Å². The van der Waals surface area contributed by atoms with E-state index in [1.54, 1.807) is 12.1 Å². The quantitative estimate of drug-likeness (QED) is 0.878. The number of ether oxygens (including phenoxy) is 1. The van der Waals surface area contributed by atoms with Gasteiger partial charge in [-0.1, -0.05) is 37.0 Å². The monoisotopic (exact) mass is 302 g/mol. The highest BCUT2D eigenvalue weighted by molar-refractivity contribution is 6.35. The zero-order chi connectivity index (χ0) is 14.0. The maximum Gasteiger partial charge on any atom is 0.143 e. The van der Waals surface area contributed by atoms with Gasteiger partial charge in [-0.05, 0) is 43.2 Å². The van der Waals surface area contributed by atoms with Gasteiger partial charge >= 0.3 is 0 Å². The zero-order valence-electron chi connectivity index (χ0n) is 11.3. The largest absolute Gasteiger partial charge is 0.488 e. The first kappa shape index (κ1) is 15.0. The fraction of sp³-hybridized carbons (Fsp3) is 0.600. The second-order valence-electron chi connectivity index (χ2n) is 5.54. The van der Waals surface area contributed by atoms with Gasteiger partial charge < -0.3 is 9.84 Å². The maximum atomic E-state index is 9.39. The van der Waals surface area contributed by atoms with Crippen molar-refractivity contribution in [3.8, 4) is 5.75 Å². The molecule has 1 N–H and O–H groups in total. The van der Waals surface area contributed by atoms with E-state index >= 15 is 0 Å². The molecule has 0 aliphatic heterocycles. The Kier molecular flexibility index (Phi) is 4.99. The molecule has 1 saturated carbocycles. The topological polar surface area (TPSA) is 29.5 Å². The van der Waals surface area contributed by atoms with Crippen molar-refractivity contribution < 1.29 is 9.84 Å². The number of rotatable bonds is 3. The van der Waals surface area contributed by atoms with Crippen LogP contribution in [0, 0.1) is 11.8 Å².